The Kier molecular flexibility index (Phi) is 4.20. The summed E-state index contributed by atoms with van der Waals surface area (Å²) in [6, 6.07) is 2.03. The molecule has 96 valence electrons. The molecule has 1 saturated heterocycles. The van der Waals surface area contributed by atoms with Crippen molar-refractivity contribution in [2.24, 2.45) is 11.7 Å². The third-order valence-electron chi connectivity index (χ3n) is 3.52. The summed E-state index contributed by atoms with van der Waals surface area (Å²) in [4.78, 5) is 4.77. The fourth-order valence-electron chi connectivity index (χ4n) is 2.66. The van der Waals surface area contributed by atoms with Gasteiger partial charge in [-0.2, -0.15) is 0 Å². The van der Waals surface area contributed by atoms with Crippen LogP contribution in [0.1, 0.15) is 17.7 Å². The maximum absolute atomic E-state index is 5.63. The van der Waals surface area contributed by atoms with E-state index in [9.17, 15) is 0 Å². The molecule has 1 aliphatic heterocycles. The summed E-state index contributed by atoms with van der Waals surface area (Å²) in [7, 11) is 4.37. The van der Waals surface area contributed by atoms with E-state index in [1.807, 2.05) is 6.07 Å². The van der Waals surface area contributed by atoms with Crippen LogP contribution in [0, 0.1) is 5.92 Å². The lowest BCUT2D eigenvalue weighted by Crippen LogP contribution is -2.27. The van der Waals surface area contributed by atoms with Crippen LogP contribution >= 0.6 is 0 Å². The first kappa shape index (κ1) is 12.6. The van der Waals surface area contributed by atoms with Crippen molar-refractivity contribution >= 4 is 0 Å². The number of rotatable bonds is 5. The number of nitrogens with zero attached hydrogens (tertiary/aromatic N) is 2. The molecule has 1 fully saturated rings. The van der Waals surface area contributed by atoms with Crippen molar-refractivity contribution in [3.63, 3.8) is 0 Å². The van der Waals surface area contributed by atoms with Crippen LogP contribution in [0.15, 0.2) is 16.7 Å². The average Bonchev–Trinajstić information content (AvgIpc) is 2.87. The largest absolute Gasteiger partial charge is 0.468 e. The average molecular weight is 237 g/mol. The quantitative estimate of drug-likeness (QED) is 0.833. The van der Waals surface area contributed by atoms with E-state index in [2.05, 4.69) is 23.9 Å². The van der Waals surface area contributed by atoms with E-state index < -0.39 is 0 Å². The Morgan fingerprint density at radius 2 is 2.41 bits per heavy atom. The van der Waals surface area contributed by atoms with Gasteiger partial charge in [0.05, 0.1) is 12.8 Å². The Bertz CT molecular complexity index is 350. The molecule has 1 unspecified atom stereocenters. The van der Waals surface area contributed by atoms with E-state index in [0.717, 1.165) is 24.8 Å². The lowest BCUT2D eigenvalue weighted by atomic mass is 10.1. The molecule has 4 nitrogen and oxygen atoms in total. The normalized spacial score (nSPS) is 21.5. The fourth-order valence-corrected chi connectivity index (χ4v) is 2.66. The molecule has 1 aromatic rings. The Hall–Kier alpha value is -0.840. The van der Waals surface area contributed by atoms with E-state index in [-0.39, 0.29) is 0 Å². The monoisotopic (exact) mass is 237 g/mol. The maximum Gasteiger partial charge on any atom is 0.121 e. The summed E-state index contributed by atoms with van der Waals surface area (Å²) in [6.45, 7) is 5.03. The second-order valence-electron chi connectivity index (χ2n) is 5.19. The smallest absolute Gasteiger partial charge is 0.121 e. The minimum atomic E-state index is 0.488. The van der Waals surface area contributed by atoms with Crippen LogP contribution in [0.25, 0.3) is 0 Å². The molecule has 17 heavy (non-hydrogen) atoms. The van der Waals surface area contributed by atoms with E-state index in [1.165, 1.54) is 25.1 Å². The minimum Gasteiger partial charge on any atom is -0.468 e. The van der Waals surface area contributed by atoms with E-state index >= 15 is 0 Å². The zero-order valence-electron chi connectivity index (χ0n) is 10.9. The van der Waals surface area contributed by atoms with Crippen LogP contribution in [0.2, 0.25) is 0 Å². The van der Waals surface area contributed by atoms with Gasteiger partial charge in [0.15, 0.2) is 0 Å². The van der Waals surface area contributed by atoms with Crippen molar-refractivity contribution in [1.29, 1.82) is 0 Å². The van der Waals surface area contributed by atoms with Crippen molar-refractivity contribution < 1.29 is 4.42 Å². The van der Waals surface area contributed by atoms with Crippen LogP contribution < -0.4 is 5.73 Å². The summed E-state index contributed by atoms with van der Waals surface area (Å²) in [6.07, 6.45) is 3.05. The first-order chi connectivity index (χ1) is 8.19. The molecule has 4 heteroatoms. The topological polar surface area (TPSA) is 45.6 Å². The Balaban J connectivity index is 1.83. The van der Waals surface area contributed by atoms with Gasteiger partial charge >= 0.3 is 0 Å². The second kappa shape index (κ2) is 5.67. The predicted molar refractivity (Wildman–Crippen MR) is 68.5 cm³/mol. The number of likely N-dealkylation sites (tertiary alicyclic amines) is 1. The molecule has 2 N–H and O–H groups in total. The molecule has 0 aliphatic carbocycles. The van der Waals surface area contributed by atoms with Gasteiger partial charge in [-0.3, -0.25) is 0 Å². The molecular formula is C13H23N3O. The van der Waals surface area contributed by atoms with Crippen LogP contribution in [-0.2, 0) is 13.1 Å². The Labute approximate surface area is 103 Å². The molecule has 0 amide bonds. The highest BCUT2D eigenvalue weighted by Gasteiger charge is 2.21. The predicted octanol–water partition coefficient (Wildman–Crippen LogP) is 1.12. The highest BCUT2D eigenvalue weighted by atomic mass is 16.3. The minimum absolute atomic E-state index is 0.488. The van der Waals surface area contributed by atoms with Gasteiger partial charge < -0.3 is 20.0 Å². The van der Waals surface area contributed by atoms with Gasteiger partial charge in [0.1, 0.15) is 5.76 Å². The number of furan rings is 1. The van der Waals surface area contributed by atoms with Crippen LogP contribution in [0.4, 0.5) is 0 Å². The number of hydrogen-bond acceptors (Lipinski definition) is 4. The van der Waals surface area contributed by atoms with Gasteiger partial charge in [-0.1, -0.05) is 0 Å². The number of hydrogen-bond donors (Lipinski definition) is 1. The zero-order chi connectivity index (χ0) is 12.3. The van der Waals surface area contributed by atoms with E-state index in [1.54, 1.807) is 6.26 Å². The SMILES string of the molecule is CN1CCC(CN(C)Cc2ccoc2CN)C1. The molecule has 2 heterocycles. The molecular weight excluding hydrogens is 214 g/mol. The van der Waals surface area contributed by atoms with Gasteiger partial charge in [0.25, 0.3) is 0 Å². The van der Waals surface area contributed by atoms with Crippen LogP contribution in [0.5, 0.6) is 0 Å². The summed E-state index contributed by atoms with van der Waals surface area (Å²) >= 11 is 0. The third kappa shape index (κ3) is 3.31. The molecule has 0 saturated carbocycles. The standard InChI is InChI=1S/C13H23N3O/c1-15-5-3-11(8-15)9-16(2)10-12-4-6-17-13(12)7-14/h4,6,11H,3,5,7-10,14H2,1-2H3. The molecule has 0 aromatic carbocycles. The molecule has 0 spiro atoms. The highest BCUT2D eigenvalue weighted by Crippen LogP contribution is 2.17. The van der Waals surface area contributed by atoms with Crippen LogP contribution in [0.3, 0.4) is 0 Å². The summed E-state index contributed by atoms with van der Waals surface area (Å²) in [5, 5.41) is 0. The van der Waals surface area contributed by atoms with Gasteiger partial charge in [0.2, 0.25) is 0 Å². The molecule has 0 radical (unpaired) electrons. The van der Waals surface area contributed by atoms with E-state index in [0.29, 0.717) is 6.54 Å². The third-order valence-corrected chi connectivity index (χ3v) is 3.52. The van der Waals surface area contributed by atoms with Gasteiger partial charge in [-0.15, -0.1) is 0 Å². The second-order valence-corrected chi connectivity index (χ2v) is 5.19. The molecule has 0 bridgehead atoms. The molecule has 1 aromatic heterocycles. The lowest BCUT2D eigenvalue weighted by Gasteiger charge is -2.20. The van der Waals surface area contributed by atoms with Crippen molar-refractivity contribution in [2.45, 2.75) is 19.5 Å². The fraction of sp³-hybridized carbons (Fsp3) is 0.692. The first-order valence-corrected chi connectivity index (χ1v) is 6.31. The first-order valence-electron chi connectivity index (χ1n) is 6.31. The zero-order valence-corrected chi connectivity index (χ0v) is 10.9. The van der Waals surface area contributed by atoms with Gasteiger partial charge in [-0.25, -0.2) is 0 Å². The highest BCUT2D eigenvalue weighted by molar-refractivity contribution is 5.16. The lowest BCUT2D eigenvalue weighted by molar-refractivity contribution is 0.265. The summed E-state index contributed by atoms with van der Waals surface area (Å²) in [5.74, 6) is 1.72. The molecule has 2 rings (SSSR count). The number of nitrogens with two attached hydrogens (primary N) is 1. The van der Waals surface area contributed by atoms with Crippen molar-refractivity contribution in [1.82, 2.24) is 9.80 Å². The summed E-state index contributed by atoms with van der Waals surface area (Å²) < 4.78 is 5.34. The maximum atomic E-state index is 5.63. The van der Waals surface area contributed by atoms with Crippen molar-refractivity contribution in [2.75, 3.05) is 33.7 Å². The van der Waals surface area contributed by atoms with E-state index in [4.69, 9.17) is 10.2 Å². The van der Waals surface area contributed by atoms with Gasteiger partial charge in [-0.05, 0) is 39.0 Å². The van der Waals surface area contributed by atoms with Crippen molar-refractivity contribution in [3.05, 3.63) is 23.7 Å². The van der Waals surface area contributed by atoms with Crippen molar-refractivity contribution in [3.8, 4) is 0 Å². The Morgan fingerprint density at radius 1 is 1.59 bits per heavy atom. The molecule has 1 atom stereocenters. The summed E-state index contributed by atoms with van der Waals surface area (Å²) in [5.41, 5.74) is 6.86. The van der Waals surface area contributed by atoms with Gasteiger partial charge in [0, 0.05) is 25.2 Å². The Morgan fingerprint density at radius 3 is 3.06 bits per heavy atom. The van der Waals surface area contributed by atoms with Crippen LogP contribution in [-0.4, -0.2) is 43.5 Å². The molecule has 1 aliphatic rings.